The predicted octanol–water partition coefficient (Wildman–Crippen LogP) is 3.00. The van der Waals surface area contributed by atoms with E-state index in [4.69, 9.17) is 5.73 Å². The highest BCUT2D eigenvalue weighted by Gasteiger charge is 2.17. The Bertz CT molecular complexity index is 451. The van der Waals surface area contributed by atoms with Crippen LogP contribution in [-0.2, 0) is 0 Å². The molecule has 20 heavy (non-hydrogen) atoms. The van der Waals surface area contributed by atoms with Gasteiger partial charge in [0.05, 0.1) is 5.56 Å². The lowest BCUT2D eigenvalue weighted by Crippen LogP contribution is -2.35. The zero-order chi connectivity index (χ0) is 14.6. The van der Waals surface area contributed by atoms with Crippen LogP contribution in [0.2, 0.25) is 0 Å². The second-order valence-electron chi connectivity index (χ2n) is 5.41. The molecule has 0 fully saturated rings. The first-order valence-electron chi connectivity index (χ1n) is 6.60. The third-order valence-electron chi connectivity index (χ3n) is 3.36. The zero-order valence-electron chi connectivity index (χ0n) is 12.5. The third kappa shape index (κ3) is 5.10. The molecule has 0 spiro atoms. The molecule has 0 saturated heterocycles. The number of carbonyl (C=O) groups is 1. The molecule has 0 heterocycles. The van der Waals surface area contributed by atoms with Crippen molar-refractivity contribution in [2.45, 2.75) is 33.2 Å². The Morgan fingerprint density at radius 2 is 2.00 bits per heavy atom. The highest BCUT2D eigenvalue weighted by molar-refractivity contribution is 5.94. The number of carbonyl (C=O) groups excluding carboxylic acids is 1. The first-order valence-corrected chi connectivity index (χ1v) is 6.60. The van der Waals surface area contributed by atoms with E-state index in [2.05, 4.69) is 0 Å². The number of nitrogens with two attached hydrogens (primary N) is 1. The van der Waals surface area contributed by atoms with Crippen LogP contribution in [0.5, 0.6) is 0 Å². The van der Waals surface area contributed by atoms with Crippen molar-refractivity contribution in [3.63, 3.8) is 0 Å². The maximum Gasteiger partial charge on any atom is 0.256 e. The van der Waals surface area contributed by atoms with E-state index < -0.39 is 5.82 Å². The number of hydrogen-bond acceptors (Lipinski definition) is 2. The molecule has 0 aliphatic heterocycles. The summed E-state index contributed by atoms with van der Waals surface area (Å²) in [5.41, 5.74) is 6.86. The topological polar surface area (TPSA) is 46.3 Å². The summed E-state index contributed by atoms with van der Waals surface area (Å²) in [4.78, 5) is 13.6. The molecule has 0 bridgehead atoms. The number of benzene rings is 1. The molecule has 0 aromatic heterocycles. The Kier molecular flexibility index (Phi) is 7.76. The van der Waals surface area contributed by atoms with Gasteiger partial charge in [-0.15, -0.1) is 12.4 Å². The summed E-state index contributed by atoms with van der Waals surface area (Å²) in [5.74, 6) is -0.391. The number of nitrogens with zero attached hydrogens (tertiary/aromatic N) is 1. The van der Waals surface area contributed by atoms with Crippen LogP contribution in [0.25, 0.3) is 0 Å². The van der Waals surface area contributed by atoms with Gasteiger partial charge >= 0.3 is 0 Å². The average Bonchev–Trinajstić information content (AvgIpc) is 2.34. The Morgan fingerprint density at radius 1 is 1.40 bits per heavy atom. The van der Waals surface area contributed by atoms with E-state index in [1.54, 1.807) is 20.0 Å². The molecule has 1 rings (SSSR count). The summed E-state index contributed by atoms with van der Waals surface area (Å²) < 4.78 is 13.7. The summed E-state index contributed by atoms with van der Waals surface area (Å²) in [6.45, 7) is 6.42. The van der Waals surface area contributed by atoms with Gasteiger partial charge < -0.3 is 10.6 Å². The van der Waals surface area contributed by atoms with Gasteiger partial charge in [0.2, 0.25) is 0 Å². The van der Waals surface area contributed by atoms with E-state index in [-0.39, 0.29) is 29.9 Å². The van der Waals surface area contributed by atoms with Crippen molar-refractivity contribution in [1.29, 1.82) is 0 Å². The van der Waals surface area contributed by atoms with E-state index in [0.717, 1.165) is 5.56 Å². The number of halogens is 2. The van der Waals surface area contributed by atoms with Crippen LogP contribution in [0, 0.1) is 18.7 Å². The Balaban J connectivity index is 0.00000361. The molecule has 2 N–H and O–H groups in total. The summed E-state index contributed by atoms with van der Waals surface area (Å²) in [5, 5.41) is 0. The van der Waals surface area contributed by atoms with Gasteiger partial charge in [-0.2, -0.15) is 0 Å². The number of hydrogen-bond donors (Lipinski definition) is 1. The fourth-order valence-corrected chi connectivity index (χ4v) is 1.78. The van der Waals surface area contributed by atoms with Gasteiger partial charge in [-0.25, -0.2) is 4.39 Å². The van der Waals surface area contributed by atoms with Crippen LogP contribution in [0.4, 0.5) is 4.39 Å². The van der Waals surface area contributed by atoms with Crippen molar-refractivity contribution >= 4 is 18.3 Å². The number of rotatable bonds is 5. The average molecular weight is 303 g/mol. The second-order valence-corrected chi connectivity index (χ2v) is 5.41. The van der Waals surface area contributed by atoms with Crippen molar-refractivity contribution in [2.75, 3.05) is 13.6 Å². The normalized spacial score (nSPS) is 11.9. The molecular formula is C15H24ClFN2O. The molecule has 0 radical (unpaired) electrons. The maximum absolute atomic E-state index is 13.7. The molecule has 114 valence electrons. The second kappa shape index (κ2) is 8.22. The highest BCUT2D eigenvalue weighted by Crippen LogP contribution is 2.13. The first kappa shape index (κ1) is 18.9. The molecule has 5 heteroatoms. The van der Waals surface area contributed by atoms with Gasteiger partial charge in [0.15, 0.2) is 0 Å². The smallest absolute Gasteiger partial charge is 0.256 e. The van der Waals surface area contributed by atoms with Crippen LogP contribution < -0.4 is 5.73 Å². The molecule has 1 aromatic rings. The van der Waals surface area contributed by atoms with Crippen LogP contribution in [0.15, 0.2) is 18.2 Å². The van der Waals surface area contributed by atoms with E-state index in [9.17, 15) is 9.18 Å². The maximum atomic E-state index is 13.7. The fourth-order valence-electron chi connectivity index (χ4n) is 1.78. The minimum absolute atomic E-state index is 0. The van der Waals surface area contributed by atoms with E-state index >= 15 is 0 Å². The summed E-state index contributed by atoms with van der Waals surface area (Å²) in [6, 6.07) is 4.70. The molecule has 3 nitrogen and oxygen atoms in total. The molecule has 1 unspecified atom stereocenters. The molecule has 1 amide bonds. The van der Waals surface area contributed by atoms with Crippen molar-refractivity contribution < 1.29 is 9.18 Å². The van der Waals surface area contributed by atoms with E-state index in [1.165, 1.54) is 17.0 Å². The summed E-state index contributed by atoms with van der Waals surface area (Å²) in [6.07, 6.45) is 0.716. The largest absolute Gasteiger partial charge is 0.342 e. The van der Waals surface area contributed by atoms with Gasteiger partial charge in [-0.3, -0.25) is 4.79 Å². The monoisotopic (exact) mass is 302 g/mol. The minimum atomic E-state index is -0.468. The SMILES string of the molecule is Cc1ccc(C(=O)N(C)CCC(N)C(C)C)c(F)c1.Cl. The van der Waals surface area contributed by atoms with Gasteiger partial charge in [0.1, 0.15) is 5.82 Å². The van der Waals surface area contributed by atoms with Gasteiger partial charge in [-0.1, -0.05) is 19.9 Å². The molecule has 0 aliphatic rings. The van der Waals surface area contributed by atoms with Crippen LogP contribution in [0.3, 0.4) is 0 Å². The first-order chi connectivity index (χ1) is 8.82. The fraction of sp³-hybridized carbons (Fsp3) is 0.533. The lowest BCUT2D eigenvalue weighted by atomic mass is 10.0. The Hall–Kier alpha value is -1.13. The van der Waals surface area contributed by atoms with Crippen molar-refractivity contribution in [3.8, 4) is 0 Å². The van der Waals surface area contributed by atoms with Crippen molar-refractivity contribution in [3.05, 3.63) is 35.1 Å². The summed E-state index contributed by atoms with van der Waals surface area (Å²) >= 11 is 0. The Morgan fingerprint density at radius 3 is 2.50 bits per heavy atom. The van der Waals surface area contributed by atoms with Crippen molar-refractivity contribution in [1.82, 2.24) is 4.90 Å². The molecule has 0 aliphatic carbocycles. The molecule has 1 aromatic carbocycles. The van der Waals surface area contributed by atoms with Crippen LogP contribution >= 0.6 is 12.4 Å². The lowest BCUT2D eigenvalue weighted by molar-refractivity contribution is 0.0784. The van der Waals surface area contributed by atoms with Crippen LogP contribution in [-0.4, -0.2) is 30.4 Å². The standard InChI is InChI=1S/C15H23FN2O.ClH/c1-10(2)14(17)7-8-18(4)15(19)12-6-5-11(3)9-13(12)16;/h5-6,9-10,14H,7-8,17H2,1-4H3;1H. The number of amides is 1. The minimum Gasteiger partial charge on any atom is -0.342 e. The molecule has 0 saturated carbocycles. The van der Waals surface area contributed by atoms with Gasteiger partial charge in [0.25, 0.3) is 5.91 Å². The third-order valence-corrected chi connectivity index (χ3v) is 3.36. The van der Waals surface area contributed by atoms with E-state index in [0.29, 0.717) is 18.9 Å². The molecule has 1 atom stereocenters. The van der Waals surface area contributed by atoms with Crippen LogP contribution in [0.1, 0.15) is 36.2 Å². The lowest BCUT2D eigenvalue weighted by Gasteiger charge is -2.21. The zero-order valence-corrected chi connectivity index (χ0v) is 13.3. The quantitative estimate of drug-likeness (QED) is 0.909. The molecular weight excluding hydrogens is 279 g/mol. The predicted molar refractivity (Wildman–Crippen MR) is 82.8 cm³/mol. The van der Waals surface area contributed by atoms with Gasteiger partial charge in [0, 0.05) is 19.6 Å². The van der Waals surface area contributed by atoms with Gasteiger partial charge in [-0.05, 0) is 37.0 Å². The highest BCUT2D eigenvalue weighted by atomic mass is 35.5. The number of aryl methyl sites for hydroxylation is 1. The van der Waals surface area contributed by atoms with Crippen molar-refractivity contribution in [2.24, 2.45) is 11.7 Å². The summed E-state index contributed by atoms with van der Waals surface area (Å²) in [7, 11) is 1.68. The van der Waals surface area contributed by atoms with E-state index in [1.807, 2.05) is 13.8 Å². The Labute approximate surface area is 126 Å².